The zero-order chi connectivity index (χ0) is 26.6. The van der Waals surface area contributed by atoms with Crippen LogP contribution in [-0.2, 0) is 14.2 Å². The Morgan fingerprint density at radius 3 is 2.16 bits per heavy atom. The second kappa shape index (κ2) is 11.7. The zero-order valence-corrected chi connectivity index (χ0v) is 21.3. The number of hydrogen-bond acceptors (Lipinski definition) is 4. The van der Waals surface area contributed by atoms with Gasteiger partial charge in [0.2, 0.25) is 11.8 Å². The van der Waals surface area contributed by atoms with E-state index in [0.717, 1.165) is 17.4 Å². The van der Waals surface area contributed by atoms with E-state index in [1.54, 1.807) is 4.90 Å². The Morgan fingerprint density at radius 2 is 1.59 bits per heavy atom. The van der Waals surface area contributed by atoms with E-state index in [4.69, 9.17) is 5.73 Å². The molecule has 2 aliphatic heterocycles. The first-order valence-corrected chi connectivity index (χ1v) is 14.5. The van der Waals surface area contributed by atoms with Gasteiger partial charge in [-0.25, -0.2) is 13.2 Å². The minimum absolute atomic E-state index is 0.0434. The largest absolute Gasteiger partial charge is 0.368 e. The Balaban J connectivity index is 1.29. The van der Waals surface area contributed by atoms with E-state index in [9.17, 15) is 27.3 Å². The van der Waals surface area contributed by atoms with E-state index in [-0.39, 0.29) is 23.4 Å². The van der Waals surface area contributed by atoms with Gasteiger partial charge >= 0.3 is 0 Å². The number of halogens is 3. The molecule has 0 saturated carbocycles. The molecule has 2 aromatic carbocycles. The number of carbonyl (C=O) groups excluding carboxylic acids is 2. The van der Waals surface area contributed by atoms with Crippen molar-refractivity contribution in [1.29, 1.82) is 0 Å². The standard InChI is InChI=1S/C27H31F3N3O3P/c28-22-16-18(17-23(29)25(22)30)6-7-24(34)33-12-8-19(9-13-33)26(27(31)35)32-20-10-14-37(36,15-11-20)21-4-2-1-3-5-21/h1-7,16-17,19-20,26,32H,8-15H2,(H2,31,35)/b7-6+. The van der Waals surface area contributed by atoms with Crippen LogP contribution in [0, 0.1) is 23.4 Å². The normalized spacial score (nSPS) is 23.8. The average Bonchev–Trinajstić information content (AvgIpc) is 2.90. The summed E-state index contributed by atoms with van der Waals surface area (Å²) in [5.41, 5.74) is 5.78. The van der Waals surface area contributed by atoms with Gasteiger partial charge in [-0.2, -0.15) is 0 Å². The van der Waals surface area contributed by atoms with E-state index in [2.05, 4.69) is 5.32 Å². The third-order valence-corrected chi connectivity index (χ3v) is 10.6. The Hall–Kier alpha value is -2.90. The summed E-state index contributed by atoms with van der Waals surface area (Å²) in [5, 5.41) is 4.31. The first-order chi connectivity index (χ1) is 17.7. The van der Waals surface area contributed by atoms with Crippen LogP contribution in [0.1, 0.15) is 31.2 Å². The van der Waals surface area contributed by atoms with Crippen LogP contribution in [0.4, 0.5) is 13.2 Å². The SMILES string of the molecule is NC(=O)C(NC1CCP(=O)(c2ccccc2)CC1)C1CCN(C(=O)/C=C/c2cc(F)c(F)c(F)c2)CC1. The lowest BCUT2D eigenvalue weighted by atomic mass is 9.88. The smallest absolute Gasteiger partial charge is 0.246 e. The van der Waals surface area contributed by atoms with E-state index in [1.807, 2.05) is 30.3 Å². The van der Waals surface area contributed by atoms with E-state index < -0.39 is 36.5 Å². The summed E-state index contributed by atoms with van der Waals surface area (Å²) in [5.74, 6) is -5.02. The van der Waals surface area contributed by atoms with Crippen LogP contribution in [0.2, 0.25) is 0 Å². The number of likely N-dealkylation sites (tertiary alicyclic amines) is 1. The molecule has 198 valence electrons. The van der Waals surface area contributed by atoms with Gasteiger partial charge in [-0.3, -0.25) is 9.59 Å². The second-order valence-corrected chi connectivity index (χ2v) is 13.0. The molecule has 2 heterocycles. The minimum atomic E-state index is -2.43. The van der Waals surface area contributed by atoms with Crippen molar-refractivity contribution in [2.75, 3.05) is 25.4 Å². The van der Waals surface area contributed by atoms with Gasteiger partial charge in [-0.15, -0.1) is 0 Å². The minimum Gasteiger partial charge on any atom is -0.368 e. The molecule has 0 aromatic heterocycles. The van der Waals surface area contributed by atoms with Crippen molar-refractivity contribution in [3.63, 3.8) is 0 Å². The summed E-state index contributed by atoms with van der Waals surface area (Å²) >= 11 is 0. The summed E-state index contributed by atoms with van der Waals surface area (Å²) in [6.45, 7) is 0.804. The van der Waals surface area contributed by atoms with Crippen molar-refractivity contribution in [3.05, 3.63) is 71.6 Å². The molecule has 2 amide bonds. The molecule has 3 N–H and O–H groups in total. The molecule has 2 fully saturated rings. The molecule has 0 spiro atoms. The number of benzene rings is 2. The van der Waals surface area contributed by atoms with Crippen LogP contribution in [0.3, 0.4) is 0 Å². The lowest BCUT2D eigenvalue weighted by molar-refractivity contribution is -0.128. The number of primary amides is 1. The van der Waals surface area contributed by atoms with Crippen LogP contribution >= 0.6 is 7.14 Å². The van der Waals surface area contributed by atoms with Gasteiger partial charge in [0, 0.05) is 42.8 Å². The molecule has 6 nitrogen and oxygen atoms in total. The molecule has 1 unspecified atom stereocenters. The number of rotatable bonds is 7. The molecule has 37 heavy (non-hydrogen) atoms. The van der Waals surface area contributed by atoms with Crippen LogP contribution in [0.15, 0.2) is 48.5 Å². The van der Waals surface area contributed by atoms with Gasteiger partial charge in [0.1, 0.15) is 7.14 Å². The predicted octanol–water partition coefficient (Wildman–Crippen LogP) is 3.65. The van der Waals surface area contributed by atoms with Gasteiger partial charge in [0.05, 0.1) is 6.04 Å². The summed E-state index contributed by atoms with van der Waals surface area (Å²) in [6, 6.07) is 10.7. The molecule has 0 aliphatic carbocycles. The third-order valence-electron chi connectivity index (χ3n) is 7.37. The van der Waals surface area contributed by atoms with Gasteiger partial charge < -0.3 is 20.5 Å². The van der Waals surface area contributed by atoms with Crippen molar-refractivity contribution in [2.45, 2.75) is 37.8 Å². The summed E-state index contributed by atoms with van der Waals surface area (Å²) in [6.07, 6.45) is 6.13. The third kappa shape index (κ3) is 6.51. The molecule has 1 atom stereocenters. The highest BCUT2D eigenvalue weighted by Crippen LogP contribution is 2.49. The first-order valence-electron chi connectivity index (χ1n) is 12.5. The van der Waals surface area contributed by atoms with Crippen molar-refractivity contribution in [2.24, 2.45) is 11.7 Å². The molecular weight excluding hydrogens is 502 g/mol. The van der Waals surface area contributed by atoms with Gasteiger partial charge in [0.15, 0.2) is 17.5 Å². The lowest BCUT2D eigenvalue weighted by Crippen LogP contribution is -2.54. The highest BCUT2D eigenvalue weighted by atomic mass is 31.2. The highest BCUT2D eigenvalue weighted by Gasteiger charge is 2.36. The van der Waals surface area contributed by atoms with Gasteiger partial charge in [0.25, 0.3) is 0 Å². The Labute approximate surface area is 214 Å². The fourth-order valence-corrected chi connectivity index (χ4v) is 8.12. The fraction of sp³-hybridized carbons (Fsp3) is 0.407. The maximum atomic E-state index is 13.4. The quantitative estimate of drug-likeness (QED) is 0.323. The van der Waals surface area contributed by atoms with E-state index in [1.165, 1.54) is 12.2 Å². The monoisotopic (exact) mass is 533 g/mol. The Morgan fingerprint density at radius 1 is 1.00 bits per heavy atom. The topological polar surface area (TPSA) is 92.5 Å². The average molecular weight is 534 g/mol. The van der Waals surface area contributed by atoms with Crippen LogP contribution < -0.4 is 16.4 Å². The molecule has 2 saturated heterocycles. The van der Waals surface area contributed by atoms with Crippen LogP contribution in [0.25, 0.3) is 6.08 Å². The molecular formula is C27H31F3N3O3P. The summed E-state index contributed by atoms with van der Waals surface area (Å²) < 4.78 is 53.3. The number of nitrogens with zero attached hydrogens (tertiary/aromatic N) is 1. The van der Waals surface area contributed by atoms with E-state index >= 15 is 0 Å². The van der Waals surface area contributed by atoms with Crippen molar-refractivity contribution < 1.29 is 27.3 Å². The van der Waals surface area contributed by atoms with Crippen molar-refractivity contribution >= 4 is 30.3 Å². The molecule has 0 radical (unpaired) electrons. The number of piperidine rings is 1. The number of carbonyl (C=O) groups is 2. The molecule has 2 aliphatic rings. The van der Waals surface area contributed by atoms with Crippen molar-refractivity contribution in [1.82, 2.24) is 10.2 Å². The number of amides is 2. The maximum absolute atomic E-state index is 13.4. The summed E-state index contributed by atoms with van der Waals surface area (Å²) in [7, 11) is -2.43. The molecule has 0 bridgehead atoms. The van der Waals surface area contributed by atoms with Gasteiger partial charge in [-0.05, 0) is 55.4 Å². The summed E-state index contributed by atoms with van der Waals surface area (Å²) in [4.78, 5) is 26.5. The second-order valence-electron chi connectivity index (χ2n) is 9.79. The first kappa shape index (κ1) is 27.1. The fourth-order valence-electron chi connectivity index (χ4n) is 5.21. The van der Waals surface area contributed by atoms with Gasteiger partial charge in [-0.1, -0.05) is 30.3 Å². The van der Waals surface area contributed by atoms with Crippen LogP contribution in [0.5, 0.6) is 0 Å². The lowest BCUT2D eigenvalue weighted by Gasteiger charge is -2.38. The van der Waals surface area contributed by atoms with E-state index in [0.29, 0.717) is 51.1 Å². The molecule has 2 aromatic rings. The Kier molecular flexibility index (Phi) is 8.55. The zero-order valence-electron chi connectivity index (χ0n) is 20.4. The number of nitrogens with one attached hydrogen (secondary N) is 1. The number of nitrogens with two attached hydrogens (primary N) is 1. The predicted molar refractivity (Wildman–Crippen MR) is 137 cm³/mol. The molecule has 4 rings (SSSR count). The molecule has 10 heteroatoms. The number of hydrogen-bond donors (Lipinski definition) is 2. The maximum Gasteiger partial charge on any atom is 0.246 e. The van der Waals surface area contributed by atoms with Crippen molar-refractivity contribution in [3.8, 4) is 0 Å². The van der Waals surface area contributed by atoms with Crippen LogP contribution in [-0.4, -0.2) is 54.2 Å². The Bertz CT molecular complexity index is 1180. The highest BCUT2D eigenvalue weighted by molar-refractivity contribution is 7.71.